The molecule has 0 spiro atoms. The topological polar surface area (TPSA) is 76.1 Å². The number of ether oxygens (including phenoxy) is 2. The van der Waals surface area contributed by atoms with Crippen LogP contribution in [-0.2, 0) is 19.1 Å². The molecule has 0 aliphatic carbocycles. The van der Waals surface area contributed by atoms with Crippen LogP contribution in [0.5, 0.6) is 0 Å². The van der Waals surface area contributed by atoms with Crippen molar-refractivity contribution in [2.75, 3.05) is 33.0 Å². The smallest absolute Gasteiger partial charge is 0.332 e. The van der Waals surface area contributed by atoms with Gasteiger partial charge in [0.2, 0.25) is 5.91 Å². The second-order valence-electron chi connectivity index (χ2n) is 4.21. The Bertz CT molecular complexity index is 329. The first-order valence-corrected chi connectivity index (χ1v) is 6.47. The summed E-state index contributed by atoms with van der Waals surface area (Å²) >= 11 is 0. The standard InChI is InChI=1S/C13H21NO5/c1-2-19-13(17)10-18-8-4-3-7-14-11(9-15)5-6-12(14)16/h3-4,11,15H,2,5-10H2,1H3. The van der Waals surface area contributed by atoms with E-state index in [2.05, 4.69) is 0 Å². The van der Waals surface area contributed by atoms with Gasteiger partial charge in [0, 0.05) is 13.0 Å². The van der Waals surface area contributed by atoms with E-state index < -0.39 is 0 Å². The third-order valence-corrected chi connectivity index (χ3v) is 2.87. The van der Waals surface area contributed by atoms with Gasteiger partial charge >= 0.3 is 5.97 Å². The van der Waals surface area contributed by atoms with Crippen LogP contribution in [0.25, 0.3) is 0 Å². The minimum Gasteiger partial charge on any atom is -0.464 e. The number of carbonyl (C=O) groups excluding carboxylic acids is 2. The summed E-state index contributed by atoms with van der Waals surface area (Å²) < 4.78 is 9.78. The summed E-state index contributed by atoms with van der Waals surface area (Å²) in [6, 6.07) is -0.0717. The van der Waals surface area contributed by atoms with Crippen molar-refractivity contribution in [2.24, 2.45) is 0 Å². The van der Waals surface area contributed by atoms with E-state index in [4.69, 9.17) is 14.6 Å². The predicted octanol–water partition coefficient (Wildman–Crippen LogP) is 0.106. The predicted molar refractivity (Wildman–Crippen MR) is 68.4 cm³/mol. The zero-order valence-electron chi connectivity index (χ0n) is 11.2. The number of amides is 1. The molecule has 0 bridgehead atoms. The number of esters is 1. The van der Waals surface area contributed by atoms with Gasteiger partial charge in [-0.2, -0.15) is 0 Å². The molecule has 1 unspecified atom stereocenters. The lowest BCUT2D eigenvalue weighted by molar-refractivity contribution is -0.147. The first-order chi connectivity index (χ1) is 9.19. The van der Waals surface area contributed by atoms with Crippen LogP contribution in [0.1, 0.15) is 19.8 Å². The summed E-state index contributed by atoms with van der Waals surface area (Å²) in [5, 5.41) is 9.11. The summed E-state index contributed by atoms with van der Waals surface area (Å²) in [6.07, 6.45) is 4.76. The normalized spacial score (nSPS) is 19.4. The van der Waals surface area contributed by atoms with Gasteiger partial charge in [-0.1, -0.05) is 12.2 Å². The molecule has 1 N–H and O–H groups in total. The monoisotopic (exact) mass is 271 g/mol. The van der Waals surface area contributed by atoms with Crippen molar-refractivity contribution in [2.45, 2.75) is 25.8 Å². The second kappa shape index (κ2) is 8.66. The molecule has 0 radical (unpaired) electrons. The van der Waals surface area contributed by atoms with Gasteiger partial charge in [-0.05, 0) is 13.3 Å². The van der Waals surface area contributed by atoms with Crippen LogP contribution >= 0.6 is 0 Å². The Labute approximate surface area is 113 Å². The largest absolute Gasteiger partial charge is 0.464 e. The van der Waals surface area contributed by atoms with E-state index in [0.717, 1.165) is 0 Å². The van der Waals surface area contributed by atoms with Gasteiger partial charge in [0.1, 0.15) is 6.61 Å². The number of carbonyl (C=O) groups is 2. The van der Waals surface area contributed by atoms with Crippen LogP contribution in [0.4, 0.5) is 0 Å². The third-order valence-electron chi connectivity index (χ3n) is 2.87. The number of hydrogen-bond acceptors (Lipinski definition) is 5. The molecular weight excluding hydrogens is 250 g/mol. The maximum atomic E-state index is 11.5. The van der Waals surface area contributed by atoms with E-state index in [1.807, 2.05) is 0 Å². The van der Waals surface area contributed by atoms with E-state index in [0.29, 0.717) is 32.6 Å². The summed E-state index contributed by atoms with van der Waals surface area (Å²) in [6.45, 7) is 2.77. The third kappa shape index (κ3) is 5.40. The molecule has 0 aromatic rings. The lowest BCUT2D eigenvalue weighted by Crippen LogP contribution is -2.35. The number of nitrogens with zero attached hydrogens (tertiary/aromatic N) is 1. The highest BCUT2D eigenvalue weighted by Crippen LogP contribution is 2.17. The van der Waals surface area contributed by atoms with Crippen molar-refractivity contribution in [1.82, 2.24) is 4.90 Å². The Morgan fingerprint density at radius 1 is 1.53 bits per heavy atom. The highest BCUT2D eigenvalue weighted by molar-refractivity contribution is 5.78. The fourth-order valence-corrected chi connectivity index (χ4v) is 1.90. The van der Waals surface area contributed by atoms with Gasteiger partial charge in [-0.15, -0.1) is 0 Å². The summed E-state index contributed by atoms with van der Waals surface area (Å²) in [5.41, 5.74) is 0. The van der Waals surface area contributed by atoms with Crippen molar-refractivity contribution >= 4 is 11.9 Å². The van der Waals surface area contributed by atoms with Crippen molar-refractivity contribution in [1.29, 1.82) is 0 Å². The van der Waals surface area contributed by atoms with Crippen LogP contribution in [0.15, 0.2) is 12.2 Å². The number of likely N-dealkylation sites (tertiary alicyclic amines) is 1. The van der Waals surface area contributed by atoms with Crippen LogP contribution in [-0.4, -0.2) is 60.9 Å². The Morgan fingerprint density at radius 3 is 3.00 bits per heavy atom. The molecule has 6 heteroatoms. The molecule has 1 amide bonds. The molecule has 6 nitrogen and oxygen atoms in total. The molecule has 1 aliphatic rings. The minimum absolute atomic E-state index is 0.00105. The zero-order chi connectivity index (χ0) is 14.1. The first kappa shape index (κ1) is 15.7. The van der Waals surface area contributed by atoms with Crippen LogP contribution in [0.2, 0.25) is 0 Å². The van der Waals surface area contributed by atoms with Gasteiger partial charge in [-0.3, -0.25) is 4.79 Å². The number of hydrogen-bond donors (Lipinski definition) is 1. The average molecular weight is 271 g/mol. The highest BCUT2D eigenvalue weighted by atomic mass is 16.6. The number of aliphatic hydroxyl groups excluding tert-OH is 1. The molecule has 0 saturated carbocycles. The Kier molecular flexibility index (Phi) is 7.14. The van der Waals surface area contributed by atoms with Gasteiger partial charge in [-0.25, -0.2) is 4.79 Å². The minimum atomic E-state index is -0.383. The fourth-order valence-electron chi connectivity index (χ4n) is 1.90. The fraction of sp³-hybridized carbons (Fsp3) is 0.692. The molecule has 1 atom stereocenters. The van der Waals surface area contributed by atoms with Crippen LogP contribution < -0.4 is 0 Å². The van der Waals surface area contributed by atoms with E-state index in [1.165, 1.54) is 0 Å². The average Bonchev–Trinajstić information content (AvgIpc) is 2.75. The number of aliphatic hydroxyl groups is 1. The first-order valence-electron chi connectivity index (χ1n) is 6.47. The van der Waals surface area contributed by atoms with Gasteiger partial charge in [0.15, 0.2) is 0 Å². The van der Waals surface area contributed by atoms with Crippen molar-refractivity contribution in [3.8, 4) is 0 Å². The van der Waals surface area contributed by atoms with Crippen molar-refractivity contribution in [3.05, 3.63) is 12.2 Å². The highest BCUT2D eigenvalue weighted by Gasteiger charge is 2.28. The van der Waals surface area contributed by atoms with E-state index in [9.17, 15) is 9.59 Å². The Morgan fingerprint density at radius 2 is 2.32 bits per heavy atom. The summed E-state index contributed by atoms with van der Waals surface area (Å²) in [7, 11) is 0. The van der Waals surface area contributed by atoms with Crippen molar-refractivity contribution < 1.29 is 24.2 Å². The molecule has 1 saturated heterocycles. The molecule has 1 fully saturated rings. The Balaban J connectivity index is 2.16. The Hall–Kier alpha value is -1.40. The lowest BCUT2D eigenvalue weighted by atomic mass is 10.2. The molecule has 1 aliphatic heterocycles. The molecule has 1 heterocycles. The SMILES string of the molecule is CCOC(=O)COCC=CCN1C(=O)CCC1CO. The van der Waals surface area contributed by atoms with E-state index in [1.54, 1.807) is 24.0 Å². The molecule has 1 rings (SSSR count). The van der Waals surface area contributed by atoms with E-state index in [-0.39, 0.29) is 31.1 Å². The quantitative estimate of drug-likeness (QED) is 0.385. The molecule has 0 aromatic heterocycles. The van der Waals surface area contributed by atoms with Crippen LogP contribution in [0, 0.1) is 0 Å². The zero-order valence-corrected chi connectivity index (χ0v) is 11.2. The van der Waals surface area contributed by atoms with Gasteiger partial charge in [0.05, 0.1) is 25.9 Å². The second-order valence-corrected chi connectivity index (χ2v) is 4.21. The molecule has 19 heavy (non-hydrogen) atoms. The van der Waals surface area contributed by atoms with Gasteiger partial charge < -0.3 is 19.5 Å². The molecule has 0 aromatic carbocycles. The lowest BCUT2D eigenvalue weighted by Gasteiger charge is -2.21. The van der Waals surface area contributed by atoms with Gasteiger partial charge in [0.25, 0.3) is 0 Å². The summed E-state index contributed by atoms with van der Waals surface area (Å²) in [4.78, 5) is 24.1. The molecular formula is C13H21NO5. The molecule has 108 valence electrons. The maximum Gasteiger partial charge on any atom is 0.332 e. The number of rotatable bonds is 8. The summed E-state index contributed by atoms with van der Waals surface area (Å²) in [5.74, 6) is -0.317. The van der Waals surface area contributed by atoms with Crippen LogP contribution in [0.3, 0.4) is 0 Å². The maximum absolute atomic E-state index is 11.5. The van der Waals surface area contributed by atoms with Crippen molar-refractivity contribution in [3.63, 3.8) is 0 Å². The van der Waals surface area contributed by atoms with E-state index >= 15 is 0 Å².